The molecule has 2 heterocycles. The van der Waals surface area contributed by atoms with Crippen LogP contribution in [0.15, 0.2) is 35.3 Å². The summed E-state index contributed by atoms with van der Waals surface area (Å²) in [5.41, 5.74) is 0.849. The Bertz CT molecular complexity index is 581. The molecule has 4 atom stereocenters. The summed E-state index contributed by atoms with van der Waals surface area (Å²) in [6, 6.07) is 8.94. The highest BCUT2D eigenvalue weighted by Crippen LogP contribution is 2.33. The number of hydrogen-bond acceptors (Lipinski definition) is 5. The van der Waals surface area contributed by atoms with E-state index in [4.69, 9.17) is 0 Å². The Hall–Kier alpha value is -1.57. The van der Waals surface area contributed by atoms with Crippen molar-refractivity contribution in [1.82, 2.24) is 10.2 Å². The summed E-state index contributed by atoms with van der Waals surface area (Å²) in [6.07, 6.45) is -1.86. The van der Waals surface area contributed by atoms with Gasteiger partial charge in [0.25, 0.3) is 0 Å². The van der Waals surface area contributed by atoms with Gasteiger partial charge in [0, 0.05) is 19.2 Å². The van der Waals surface area contributed by atoms with Gasteiger partial charge in [-0.3, -0.25) is 4.79 Å². The number of amides is 1. The number of hydrogen-bond donors (Lipinski definition) is 3. The lowest BCUT2D eigenvalue weighted by atomic mass is 9.93. The van der Waals surface area contributed by atoms with Crippen molar-refractivity contribution in [3.8, 4) is 0 Å². The number of nitrogens with zero attached hydrogens (tertiary/aromatic N) is 2. The number of aliphatic hydroxyl groups excluding tert-OH is 2. The van der Waals surface area contributed by atoms with Crippen LogP contribution in [0.3, 0.4) is 0 Å². The summed E-state index contributed by atoms with van der Waals surface area (Å²) in [5, 5.41) is 24.0. The molecule has 0 aliphatic carbocycles. The number of amidine groups is 1. The molecule has 118 valence electrons. The van der Waals surface area contributed by atoms with Gasteiger partial charge in [0.1, 0.15) is 12.2 Å². The molecule has 0 unspecified atom stereocenters. The minimum Gasteiger partial charge on any atom is -0.388 e. The van der Waals surface area contributed by atoms with Crippen molar-refractivity contribution in [1.29, 1.82) is 0 Å². The second kappa shape index (κ2) is 6.28. The van der Waals surface area contributed by atoms with Crippen LogP contribution in [0.4, 0.5) is 5.69 Å². The SMILES string of the molecule is CC(=O)N[C@H]1CN2C(=Nc3ccccc3)SC[C@@H]2[C@@H](O)[C@H]1O. The normalized spacial score (nSPS) is 32.9. The summed E-state index contributed by atoms with van der Waals surface area (Å²) in [7, 11) is 0. The lowest BCUT2D eigenvalue weighted by molar-refractivity contribution is -0.123. The Labute approximate surface area is 133 Å². The van der Waals surface area contributed by atoms with E-state index in [9.17, 15) is 15.0 Å². The van der Waals surface area contributed by atoms with Gasteiger partial charge in [0.05, 0.1) is 17.8 Å². The molecule has 0 spiro atoms. The maximum atomic E-state index is 11.3. The van der Waals surface area contributed by atoms with Crippen molar-refractivity contribution in [2.75, 3.05) is 12.3 Å². The van der Waals surface area contributed by atoms with Crippen molar-refractivity contribution < 1.29 is 15.0 Å². The number of fused-ring (bicyclic) bond motifs is 1. The maximum Gasteiger partial charge on any atom is 0.217 e. The predicted octanol–water partition coefficient (Wildman–Crippen LogP) is 0.332. The third-order valence-corrected chi connectivity index (χ3v) is 5.04. The second-order valence-corrected chi connectivity index (χ2v) is 6.54. The van der Waals surface area contributed by atoms with Gasteiger partial charge < -0.3 is 20.4 Å². The zero-order chi connectivity index (χ0) is 15.7. The summed E-state index contributed by atoms with van der Waals surface area (Å²) >= 11 is 1.56. The number of piperidine rings is 1. The molecule has 2 saturated heterocycles. The van der Waals surface area contributed by atoms with Crippen molar-refractivity contribution in [2.24, 2.45) is 4.99 Å². The molecule has 0 saturated carbocycles. The fraction of sp³-hybridized carbons (Fsp3) is 0.467. The van der Waals surface area contributed by atoms with Gasteiger partial charge in [-0.25, -0.2) is 4.99 Å². The Morgan fingerprint density at radius 2 is 2.05 bits per heavy atom. The number of aliphatic hydroxyl groups is 2. The van der Waals surface area contributed by atoms with Crippen LogP contribution in [-0.2, 0) is 4.79 Å². The van der Waals surface area contributed by atoms with Gasteiger partial charge in [-0.05, 0) is 12.1 Å². The zero-order valence-electron chi connectivity index (χ0n) is 12.2. The quantitative estimate of drug-likeness (QED) is 0.731. The molecular weight excluding hydrogens is 302 g/mol. The van der Waals surface area contributed by atoms with E-state index in [2.05, 4.69) is 10.3 Å². The number of rotatable bonds is 2. The topological polar surface area (TPSA) is 85.2 Å². The van der Waals surface area contributed by atoms with Gasteiger partial charge in [-0.1, -0.05) is 30.0 Å². The second-order valence-electron chi connectivity index (χ2n) is 5.55. The van der Waals surface area contributed by atoms with Crippen molar-refractivity contribution in [3.63, 3.8) is 0 Å². The van der Waals surface area contributed by atoms with Crippen LogP contribution in [-0.4, -0.2) is 62.8 Å². The molecule has 6 nitrogen and oxygen atoms in total. The highest BCUT2D eigenvalue weighted by molar-refractivity contribution is 8.14. The third-order valence-electron chi connectivity index (χ3n) is 3.95. The van der Waals surface area contributed by atoms with Gasteiger partial charge in [-0.15, -0.1) is 0 Å². The molecule has 7 heteroatoms. The van der Waals surface area contributed by atoms with Crippen LogP contribution >= 0.6 is 11.8 Å². The Morgan fingerprint density at radius 3 is 2.73 bits per heavy atom. The lowest BCUT2D eigenvalue weighted by Gasteiger charge is -2.42. The molecule has 3 N–H and O–H groups in total. The van der Waals surface area contributed by atoms with E-state index in [1.54, 1.807) is 11.8 Å². The van der Waals surface area contributed by atoms with E-state index in [1.165, 1.54) is 6.92 Å². The number of carbonyl (C=O) groups is 1. The first kappa shape index (κ1) is 15.3. The van der Waals surface area contributed by atoms with Gasteiger partial charge >= 0.3 is 0 Å². The monoisotopic (exact) mass is 321 g/mol. The average Bonchev–Trinajstić information content (AvgIpc) is 2.88. The van der Waals surface area contributed by atoms with E-state index in [-0.39, 0.29) is 11.9 Å². The average molecular weight is 321 g/mol. The fourth-order valence-corrected chi connectivity index (χ4v) is 4.10. The van der Waals surface area contributed by atoms with E-state index in [0.717, 1.165) is 10.9 Å². The van der Waals surface area contributed by atoms with Crippen LogP contribution in [0, 0.1) is 0 Å². The van der Waals surface area contributed by atoms with E-state index >= 15 is 0 Å². The maximum absolute atomic E-state index is 11.3. The Morgan fingerprint density at radius 1 is 1.32 bits per heavy atom. The zero-order valence-corrected chi connectivity index (χ0v) is 13.0. The van der Waals surface area contributed by atoms with Crippen molar-refractivity contribution >= 4 is 28.5 Å². The number of thioether (sulfide) groups is 1. The lowest BCUT2D eigenvalue weighted by Crippen LogP contribution is -2.64. The molecule has 2 aliphatic heterocycles. The van der Waals surface area contributed by atoms with Crippen molar-refractivity contribution in [3.05, 3.63) is 30.3 Å². The highest BCUT2D eigenvalue weighted by atomic mass is 32.2. The minimum atomic E-state index is -0.957. The molecule has 1 aromatic carbocycles. The summed E-state index contributed by atoms with van der Waals surface area (Å²) in [5.74, 6) is 0.458. The number of aliphatic imine (C=N–C) groups is 1. The standard InChI is InChI=1S/C15H19N3O3S/c1-9(19)16-11-7-18-12(14(21)13(11)20)8-22-15(18)17-10-5-3-2-4-6-10/h2-6,11-14,20-21H,7-8H2,1H3,(H,16,19)/t11-,12+,13-,14+/m0/s1. The van der Waals surface area contributed by atoms with E-state index in [0.29, 0.717) is 12.3 Å². The van der Waals surface area contributed by atoms with Crippen LogP contribution < -0.4 is 5.32 Å². The van der Waals surface area contributed by atoms with Crippen LogP contribution in [0.5, 0.6) is 0 Å². The largest absolute Gasteiger partial charge is 0.388 e. The third kappa shape index (κ3) is 2.97. The Kier molecular flexibility index (Phi) is 4.37. The molecule has 1 amide bonds. The van der Waals surface area contributed by atoms with Gasteiger partial charge in [0.15, 0.2) is 5.17 Å². The van der Waals surface area contributed by atoms with Gasteiger partial charge in [0.2, 0.25) is 5.91 Å². The minimum absolute atomic E-state index is 0.174. The molecule has 2 fully saturated rings. The van der Waals surface area contributed by atoms with Crippen molar-refractivity contribution in [2.45, 2.75) is 31.2 Å². The predicted molar refractivity (Wildman–Crippen MR) is 86.1 cm³/mol. The van der Waals surface area contributed by atoms with Gasteiger partial charge in [-0.2, -0.15) is 0 Å². The first-order valence-corrected chi connectivity index (χ1v) is 8.21. The highest BCUT2D eigenvalue weighted by Gasteiger charge is 2.46. The first-order chi connectivity index (χ1) is 10.6. The molecule has 0 aromatic heterocycles. The number of carbonyl (C=O) groups excluding carboxylic acids is 1. The number of benzene rings is 1. The number of para-hydroxylation sites is 1. The van der Waals surface area contributed by atoms with Crippen LogP contribution in [0.25, 0.3) is 0 Å². The molecular formula is C15H19N3O3S. The van der Waals surface area contributed by atoms with E-state index < -0.39 is 18.2 Å². The molecule has 3 rings (SSSR count). The molecule has 22 heavy (non-hydrogen) atoms. The molecule has 2 aliphatic rings. The first-order valence-electron chi connectivity index (χ1n) is 7.22. The molecule has 0 bridgehead atoms. The summed E-state index contributed by atoms with van der Waals surface area (Å²) in [4.78, 5) is 17.9. The molecule has 0 radical (unpaired) electrons. The van der Waals surface area contributed by atoms with Crippen LogP contribution in [0.1, 0.15) is 6.92 Å². The van der Waals surface area contributed by atoms with E-state index in [1.807, 2.05) is 35.2 Å². The van der Waals surface area contributed by atoms with Crippen LogP contribution in [0.2, 0.25) is 0 Å². The Balaban J connectivity index is 1.83. The fourth-order valence-electron chi connectivity index (χ4n) is 2.86. The summed E-state index contributed by atoms with van der Waals surface area (Å²) in [6.45, 7) is 1.85. The molecule has 1 aromatic rings. The number of nitrogens with one attached hydrogen (secondary N) is 1. The smallest absolute Gasteiger partial charge is 0.217 e. The summed E-state index contributed by atoms with van der Waals surface area (Å²) < 4.78 is 0.